The maximum Gasteiger partial charge on any atom is 0.261 e. The van der Waals surface area contributed by atoms with Gasteiger partial charge < -0.3 is 14.9 Å². The molecule has 0 spiro atoms. The predicted octanol–water partition coefficient (Wildman–Crippen LogP) is 2.96. The molecule has 0 bridgehead atoms. The molecule has 2 aromatic carbocycles. The summed E-state index contributed by atoms with van der Waals surface area (Å²) in [7, 11) is -2.55. The van der Waals surface area contributed by atoms with Crippen molar-refractivity contribution in [2.75, 3.05) is 13.2 Å². The lowest BCUT2D eigenvalue weighted by Gasteiger charge is -2.44. The van der Waals surface area contributed by atoms with Gasteiger partial charge in [0.1, 0.15) is 5.54 Å². The molecule has 0 saturated carbocycles. The van der Waals surface area contributed by atoms with E-state index < -0.39 is 13.9 Å². The molecule has 2 atom stereocenters. The summed E-state index contributed by atoms with van der Waals surface area (Å²) in [6.07, 6.45) is 1.34. The smallest absolute Gasteiger partial charge is 0.261 e. The summed E-state index contributed by atoms with van der Waals surface area (Å²) in [5, 5.41) is 11.7. The second-order valence-electron chi connectivity index (χ2n) is 8.71. The minimum atomic E-state index is -2.55. The summed E-state index contributed by atoms with van der Waals surface area (Å²) in [5.41, 5.74) is 5.17. The number of nitrogens with two attached hydrogens (primary N) is 1. The number of benzene rings is 2. The summed E-state index contributed by atoms with van der Waals surface area (Å²) in [6.45, 7) is 7.57. The van der Waals surface area contributed by atoms with Gasteiger partial charge in [-0.3, -0.25) is 0 Å². The van der Waals surface area contributed by atoms with Crippen molar-refractivity contribution in [3.8, 4) is 6.07 Å². The maximum absolute atomic E-state index is 9.22. The Hall–Kier alpha value is -1.97. The Morgan fingerprint density at radius 2 is 1.64 bits per heavy atom. The minimum Gasteiger partial charge on any atom is -0.405 e. The van der Waals surface area contributed by atoms with Gasteiger partial charge in [0, 0.05) is 0 Å². The number of ether oxygens (including phenoxy) is 1. The van der Waals surface area contributed by atoms with Crippen LogP contribution < -0.4 is 16.1 Å². The lowest BCUT2D eigenvalue weighted by atomic mass is 9.93. The van der Waals surface area contributed by atoms with E-state index in [4.69, 9.17) is 14.9 Å². The summed E-state index contributed by atoms with van der Waals surface area (Å²) < 4.78 is 12.8. The highest BCUT2D eigenvalue weighted by molar-refractivity contribution is 6.99. The van der Waals surface area contributed by atoms with Gasteiger partial charge in [0.25, 0.3) is 8.32 Å². The van der Waals surface area contributed by atoms with Crippen LogP contribution in [0.5, 0.6) is 0 Å². The summed E-state index contributed by atoms with van der Waals surface area (Å²) >= 11 is 0. The van der Waals surface area contributed by atoms with Crippen LogP contribution in [0, 0.1) is 11.3 Å². The largest absolute Gasteiger partial charge is 0.405 e. The molecular formula is C23H30N2O2Si. The van der Waals surface area contributed by atoms with E-state index in [9.17, 15) is 5.26 Å². The quantitative estimate of drug-likeness (QED) is 0.792. The van der Waals surface area contributed by atoms with Crippen LogP contribution in [0.15, 0.2) is 60.7 Å². The Labute approximate surface area is 169 Å². The number of nitriles is 1. The average Bonchev–Trinajstić information content (AvgIpc) is 2.70. The van der Waals surface area contributed by atoms with E-state index in [1.807, 2.05) is 12.1 Å². The third kappa shape index (κ3) is 4.06. The molecule has 0 aromatic heterocycles. The molecule has 148 valence electrons. The van der Waals surface area contributed by atoms with Gasteiger partial charge in [-0.25, -0.2) is 0 Å². The fraction of sp³-hybridized carbons (Fsp3) is 0.435. The van der Waals surface area contributed by atoms with E-state index in [-0.39, 0.29) is 17.7 Å². The minimum absolute atomic E-state index is 0.0355. The highest BCUT2D eigenvalue weighted by Crippen LogP contribution is 2.37. The average molecular weight is 395 g/mol. The first-order chi connectivity index (χ1) is 13.3. The van der Waals surface area contributed by atoms with Gasteiger partial charge >= 0.3 is 0 Å². The van der Waals surface area contributed by atoms with Crippen LogP contribution in [0.25, 0.3) is 0 Å². The van der Waals surface area contributed by atoms with Crippen molar-refractivity contribution in [1.82, 2.24) is 0 Å². The van der Waals surface area contributed by atoms with E-state index in [2.05, 4.69) is 75.4 Å². The highest BCUT2D eigenvalue weighted by atomic mass is 28.4. The van der Waals surface area contributed by atoms with Crippen LogP contribution in [-0.4, -0.2) is 33.2 Å². The van der Waals surface area contributed by atoms with Crippen LogP contribution >= 0.6 is 0 Å². The molecule has 1 fully saturated rings. The zero-order valence-corrected chi connectivity index (χ0v) is 18.0. The van der Waals surface area contributed by atoms with Gasteiger partial charge in [0.05, 0.1) is 25.4 Å². The SMILES string of the molecule is CC(C)(C)[Si](OC[C@@H]1CC[C@@](N)(C#N)CO1)(c1ccccc1)c1ccccc1. The Morgan fingerprint density at radius 3 is 2.04 bits per heavy atom. The molecule has 0 radical (unpaired) electrons. The topological polar surface area (TPSA) is 68.3 Å². The number of hydrogen-bond donors (Lipinski definition) is 1. The molecule has 1 saturated heterocycles. The molecule has 5 heteroatoms. The molecule has 1 heterocycles. The zero-order valence-electron chi connectivity index (χ0n) is 17.0. The van der Waals surface area contributed by atoms with Gasteiger partial charge in [0.15, 0.2) is 0 Å². The van der Waals surface area contributed by atoms with Gasteiger partial charge in [-0.2, -0.15) is 5.26 Å². The third-order valence-corrected chi connectivity index (χ3v) is 10.6. The molecule has 1 aliphatic heterocycles. The van der Waals surface area contributed by atoms with Crippen LogP contribution in [-0.2, 0) is 9.16 Å². The Balaban J connectivity index is 1.93. The number of rotatable bonds is 5. The van der Waals surface area contributed by atoms with Crippen molar-refractivity contribution in [3.63, 3.8) is 0 Å². The lowest BCUT2D eigenvalue weighted by molar-refractivity contribution is -0.0358. The fourth-order valence-electron chi connectivity index (χ4n) is 4.04. The number of nitrogens with zero attached hydrogens (tertiary/aromatic N) is 1. The van der Waals surface area contributed by atoms with E-state index in [0.29, 0.717) is 13.0 Å². The second-order valence-corrected chi connectivity index (χ2v) is 13.0. The highest BCUT2D eigenvalue weighted by Gasteiger charge is 2.50. The summed E-state index contributed by atoms with van der Waals surface area (Å²) in [5.74, 6) is 0. The van der Waals surface area contributed by atoms with E-state index in [1.165, 1.54) is 10.4 Å². The van der Waals surface area contributed by atoms with Crippen LogP contribution in [0.3, 0.4) is 0 Å². The fourth-order valence-corrected chi connectivity index (χ4v) is 8.63. The lowest BCUT2D eigenvalue weighted by Crippen LogP contribution is -2.67. The maximum atomic E-state index is 9.22. The van der Waals surface area contributed by atoms with E-state index in [0.717, 1.165) is 6.42 Å². The number of hydrogen-bond acceptors (Lipinski definition) is 4. The Bertz CT molecular complexity index is 764. The monoisotopic (exact) mass is 394 g/mol. The van der Waals surface area contributed by atoms with E-state index in [1.54, 1.807) is 0 Å². The molecule has 4 nitrogen and oxygen atoms in total. The molecule has 3 rings (SSSR count). The molecule has 28 heavy (non-hydrogen) atoms. The Morgan fingerprint density at radius 1 is 1.11 bits per heavy atom. The third-order valence-electron chi connectivity index (χ3n) is 5.61. The molecule has 1 aliphatic rings. The van der Waals surface area contributed by atoms with Crippen molar-refractivity contribution in [2.24, 2.45) is 5.73 Å². The first kappa shape index (κ1) is 20.8. The van der Waals surface area contributed by atoms with Crippen molar-refractivity contribution in [1.29, 1.82) is 5.26 Å². The zero-order chi connectivity index (χ0) is 20.3. The molecular weight excluding hydrogens is 364 g/mol. The van der Waals surface area contributed by atoms with Crippen molar-refractivity contribution < 1.29 is 9.16 Å². The molecule has 0 amide bonds. The van der Waals surface area contributed by atoms with Crippen LogP contribution in [0.4, 0.5) is 0 Å². The molecule has 0 unspecified atom stereocenters. The summed E-state index contributed by atoms with van der Waals surface area (Å²) in [4.78, 5) is 0. The van der Waals surface area contributed by atoms with Crippen molar-refractivity contribution >= 4 is 18.7 Å². The predicted molar refractivity (Wildman–Crippen MR) is 115 cm³/mol. The van der Waals surface area contributed by atoms with Crippen molar-refractivity contribution in [2.45, 2.75) is 50.3 Å². The first-order valence-electron chi connectivity index (χ1n) is 9.87. The van der Waals surface area contributed by atoms with E-state index >= 15 is 0 Å². The van der Waals surface area contributed by atoms with Crippen LogP contribution in [0.1, 0.15) is 33.6 Å². The van der Waals surface area contributed by atoms with Gasteiger partial charge in [-0.15, -0.1) is 0 Å². The van der Waals surface area contributed by atoms with Gasteiger partial charge in [-0.05, 0) is 28.3 Å². The standard InChI is InChI=1S/C23H30N2O2Si/c1-22(2,3)28(20-10-6-4-7-11-20,21-12-8-5-9-13-21)27-16-19-14-15-23(25,17-24)18-26-19/h4-13,19H,14-16,18,25H2,1-3H3/t19-,23+/m0/s1. The second kappa shape index (κ2) is 8.18. The summed E-state index contributed by atoms with van der Waals surface area (Å²) in [6, 6.07) is 23.3. The van der Waals surface area contributed by atoms with Crippen LogP contribution in [0.2, 0.25) is 5.04 Å². The first-order valence-corrected chi connectivity index (χ1v) is 11.8. The Kier molecular flexibility index (Phi) is 6.06. The molecule has 2 aromatic rings. The van der Waals surface area contributed by atoms with Gasteiger partial charge in [-0.1, -0.05) is 81.4 Å². The molecule has 0 aliphatic carbocycles. The van der Waals surface area contributed by atoms with Gasteiger partial charge in [0.2, 0.25) is 0 Å². The van der Waals surface area contributed by atoms with Crippen molar-refractivity contribution in [3.05, 3.63) is 60.7 Å². The molecule has 2 N–H and O–H groups in total. The normalized spacial score (nSPS) is 23.2.